The Morgan fingerprint density at radius 3 is 2.90 bits per heavy atom. The SMILES string of the molecule is Cc1ccc2c(=S)n(C3CC(O)C(CO)O3)ccc2c1. The second kappa shape index (κ2) is 5.26. The first-order valence-corrected chi connectivity index (χ1v) is 7.07. The quantitative estimate of drug-likeness (QED) is 0.834. The summed E-state index contributed by atoms with van der Waals surface area (Å²) in [7, 11) is 0. The lowest BCUT2D eigenvalue weighted by Crippen LogP contribution is -2.24. The van der Waals surface area contributed by atoms with Crippen molar-refractivity contribution in [2.45, 2.75) is 31.8 Å². The number of pyridine rings is 1. The Hall–Kier alpha value is -1.27. The minimum atomic E-state index is -0.652. The van der Waals surface area contributed by atoms with Crippen LogP contribution in [-0.2, 0) is 4.74 Å². The van der Waals surface area contributed by atoms with Crippen LogP contribution in [0, 0.1) is 11.6 Å². The summed E-state index contributed by atoms with van der Waals surface area (Å²) >= 11 is 5.53. The van der Waals surface area contributed by atoms with Gasteiger partial charge in [-0.25, -0.2) is 0 Å². The van der Waals surface area contributed by atoms with Crippen molar-refractivity contribution in [3.63, 3.8) is 0 Å². The molecule has 0 bridgehead atoms. The summed E-state index contributed by atoms with van der Waals surface area (Å²) in [5.41, 5.74) is 1.19. The van der Waals surface area contributed by atoms with Gasteiger partial charge in [-0.15, -0.1) is 0 Å². The van der Waals surface area contributed by atoms with Gasteiger partial charge in [0, 0.05) is 18.0 Å². The highest BCUT2D eigenvalue weighted by molar-refractivity contribution is 7.71. The normalized spacial score (nSPS) is 26.2. The summed E-state index contributed by atoms with van der Waals surface area (Å²) < 4.78 is 8.20. The van der Waals surface area contributed by atoms with Crippen LogP contribution in [-0.4, -0.2) is 33.6 Å². The molecule has 4 nitrogen and oxygen atoms in total. The maximum Gasteiger partial charge on any atom is 0.137 e. The predicted molar refractivity (Wildman–Crippen MR) is 79.1 cm³/mol. The summed E-state index contributed by atoms with van der Waals surface area (Å²) in [5.74, 6) is 0. The average Bonchev–Trinajstić information content (AvgIpc) is 2.80. The van der Waals surface area contributed by atoms with E-state index in [1.165, 1.54) is 5.56 Å². The molecular formula is C15H17NO3S. The minimum Gasteiger partial charge on any atom is -0.394 e. The van der Waals surface area contributed by atoms with Crippen molar-refractivity contribution in [2.24, 2.45) is 0 Å². The maximum absolute atomic E-state index is 9.83. The highest BCUT2D eigenvalue weighted by Crippen LogP contribution is 2.30. The Morgan fingerprint density at radius 1 is 1.40 bits per heavy atom. The van der Waals surface area contributed by atoms with Crippen LogP contribution in [0.15, 0.2) is 30.5 Å². The number of benzene rings is 1. The van der Waals surface area contributed by atoms with Crippen LogP contribution in [0.5, 0.6) is 0 Å². The number of rotatable bonds is 2. The Labute approximate surface area is 122 Å². The molecule has 3 atom stereocenters. The zero-order valence-electron chi connectivity index (χ0n) is 11.2. The molecule has 0 radical (unpaired) electrons. The van der Waals surface area contributed by atoms with Gasteiger partial charge < -0.3 is 19.5 Å². The van der Waals surface area contributed by atoms with Gasteiger partial charge in [-0.05, 0) is 18.4 Å². The third-order valence-corrected chi connectivity index (χ3v) is 4.21. The number of aliphatic hydroxyl groups excluding tert-OH is 2. The van der Waals surface area contributed by atoms with E-state index in [0.717, 1.165) is 10.8 Å². The summed E-state index contributed by atoms with van der Waals surface area (Å²) in [6.45, 7) is 1.86. The van der Waals surface area contributed by atoms with Crippen LogP contribution in [0.1, 0.15) is 18.2 Å². The third-order valence-electron chi connectivity index (χ3n) is 3.78. The van der Waals surface area contributed by atoms with Crippen molar-refractivity contribution in [3.05, 3.63) is 40.7 Å². The molecule has 0 spiro atoms. The van der Waals surface area contributed by atoms with Crippen LogP contribution in [0.4, 0.5) is 0 Å². The molecule has 0 amide bonds. The first kappa shape index (κ1) is 13.7. The van der Waals surface area contributed by atoms with Gasteiger partial charge in [0.05, 0.1) is 12.7 Å². The molecule has 20 heavy (non-hydrogen) atoms. The van der Waals surface area contributed by atoms with E-state index in [4.69, 9.17) is 22.1 Å². The molecule has 1 aromatic heterocycles. The van der Waals surface area contributed by atoms with Crippen molar-refractivity contribution >= 4 is 23.0 Å². The molecule has 1 aromatic carbocycles. The number of nitrogens with zero attached hydrogens (tertiary/aromatic N) is 1. The fourth-order valence-electron chi connectivity index (χ4n) is 2.66. The van der Waals surface area contributed by atoms with E-state index in [-0.39, 0.29) is 12.8 Å². The number of aliphatic hydroxyl groups is 2. The lowest BCUT2D eigenvalue weighted by Gasteiger charge is -2.17. The van der Waals surface area contributed by atoms with E-state index >= 15 is 0 Å². The first-order valence-electron chi connectivity index (χ1n) is 6.66. The molecule has 2 aromatic rings. The van der Waals surface area contributed by atoms with Crippen LogP contribution in [0.25, 0.3) is 10.8 Å². The molecule has 1 saturated heterocycles. The van der Waals surface area contributed by atoms with Crippen LogP contribution in [0.3, 0.4) is 0 Å². The van der Waals surface area contributed by atoms with Gasteiger partial charge in [-0.1, -0.05) is 36.0 Å². The fraction of sp³-hybridized carbons (Fsp3) is 0.400. The van der Waals surface area contributed by atoms with E-state index in [1.807, 2.05) is 35.9 Å². The average molecular weight is 291 g/mol. The third kappa shape index (κ3) is 2.27. The van der Waals surface area contributed by atoms with Crippen molar-refractivity contribution in [2.75, 3.05) is 6.61 Å². The zero-order valence-corrected chi connectivity index (χ0v) is 12.0. The molecule has 106 valence electrons. The van der Waals surface area contributed by atoms with Crippen molar-refractivity contribution < 1.29 is 14.9 Å². The molecule has 0 saturated carbocycles. The van der Waals surface area contributed by atoms with Gasteiger partial charge >= 0.3 is 0 Å². The number of hydrogen-bond donors (Lipinski definition) is 2. The number of hydrogen-bond acceptors (Lipinski definition) is 4. The monoisotopic (exact) mass is 291 g/mol. The molecule has 1 aliphatic rings. The first-order chi connectivity index (χ1) is 9.60. The van der Waals surface area contributed by atoms with E-state index < -0.39 is 12.2 Å². The fourth-order valence-corrected chi connectivity index (χ4v) is 3.02. The standard InChI is InChI=1S/C15H17NO3S/c1-9-2-3-11-10(6-9)4-5-16(15(11)20)14-7-12(18)13(8-17)19-14/h2-6,12-14,17-18H,7-8H2,1H3. The van der Waals surface area contributed by atoms with Crippen molar-refractivity contribution in [3.8, 4) is 0 Å². The molecule has 5 heteroatoms. The Balaban J connectivity index is 2.03. The summed E-state index contributed by atoms with van der Waals surface area (Å²) in [4.78, 5) is 0. The van der Waals surface area contributed by atoms with Gasteiger partial charge in [-0.2, -0.15) is 0 Å². The smallest absolute Gasteiger partial charge is 0.137 e. The number of aryl methyl sites for hydroxylation is 1. The van der Waals surface area contributed by atoms with Gasteiger partial charge in [0.2, 0.25) is 0 Å². The highest BCUT2D eigenvalue weighted by atomic mass is 32.1. The van der Waals surface area contributed by atoms with Gasteiger partial charge in [0.15, 0.2) is 0 Å². The Kier molecular flexibility index (Phi) is 3.60. The second-order valence-electron chi connectivity index (χ2n) is 5.23. The van der Waals surface area contributed by atoms with E-state index in [0.29, 0.717) is 11.1 Å². The highest BCUT2D eigenvalue weighted by Gasteiger charge is 2.34. The second-order valence-corrected chi connectivity index (χ2v) is 5.62. The lowest BCUT2D eigenvalue weighted by atomic mass is 10.1. The van der Waals surface area contributed by atoms with E-state index in [2.05, 4.69) is 6.07 Å². The summed E-state index contributed by atoms with van der Waals surface area (Å²) in [6.07, 6.45) is 0.828. The summed E-state index contributed by atoms with van der Waals surface area (Å²) in [6, 6.07) is 8.14. The Morgan fingerprint density at radius 2 is 2.20 bits per heavy atom. The van der Waals surface area contributed by atoms with Gasteiger partial charge in [-0.3, -0.25) is 0 Å². The Bertz CT molecular complexity index is 697. The zero-order chi connectivity index (χ0) is 14.3. The minimum absolute atomic E-state index is 0.183. The van der Waals surface area contributed by atoms with E-state index in [1.54, 1.807) is 0 Å². The van der Waals surface area contributed by atoms with E-state index in [9.17, 15) is 5.11 Å². The molecule has 0 aliphatic carbocycles. The molecule has 3 unspecified atom stereocenters. The largest absolute Gasteiger partial charge is 0.394 e. The van der Waals surface area contributed by atoms with Crippen LogP contribution < -0.4 is 0 Å². The van der Waals surface area contributed by atoms with Crippen molar-refractivity contribution in [1.29, 1.82) is 0 Å². The lowest BCUT2D eigenvalue weighted by molar-refractivity contribution is -0.0447. The summed E-state index contributed by atoms with van der Waals surface area (Å²) in [5, 5.41) is 21.1. The molecule has 1 fully saturated rings. The predicted octanol–water partition coefficient (Wildman–Crippen LogP) is 2.32. The van der Waals surface area contributed by atoms with Gasteiger partial charge in [0.25, 0.3) is 0 Å². The topological polar surface area (TPSA) is 54.6 Å². The van der Waals surface area contributed by atoms with Crippen LogP contribution >= 0.6 is 12.2 Å². The number of aromatic nitrogens is 1. The molecule has 3 rings (SSSR count). The number of ether oxygens (including phenoxy) is 1. The van der Waals surface area contributed by atoms with Crippen LogP contribution in [0.2, 0.25) is 0 Å². The maximum atomic E-state index is 9.83. The van der Waals surface area contributed by atoms with Crippen molar-refractivity contribution in [1.82, 2.24) is 4.57 Å². The van der Waals surface area contributed by atoms with Gasteiger partial charge in [0.1, 0.15) is 17.0 Å². The molecule has 2 N–H and O–H groups in total. The number of fused-ring (bicyclic) bond motifs is 1. The molecule has 1 aliphatic heterocycles. The molecular weight excluding hydrogens is 274 g/mol. The molecule has 2 heterocycles.